The maximum atomic E-state index is 14.7. The highest BCUT2D eigenvalue weighted by molar-refractivity contribution is 6.08. The quantitative estimate of drug-likeness (QED) is 0.213. The highest BCUT2D eigenvalue weighted by atomic mass is 19.2. The van der Waals surface area contributed by atoms with Crippen LogP contribution in [0.25, 0.3) is 21.5 Å². The van der Waals surface area contributed by atoms with Crippen molar-refractivity contribution in [1.82, 2.24) is 0 Å². The Bertz CT molecular complexity index is 921. The summed E-state index contributed by atoms with van der Waals surface area (Å²) in [5.74, 6) is -4.58. The van der Waals surface area contributed by atoms with Gasteiger partial charge in [0.05, 0.1) is 6.61 Å². The number of hydrogen-bond donors (Lipinski definition) is 0. The molecular weight excluding hydrogens is 332 g/mol. The minimum absolute atomic E-state index is 0.0842. The molecule has 0 N–H and O–H groups in total. The van der Waals surface area contributed by atoms with Gasteiger partial charge in [-0.15, -0.1) is 0 Å². The molecule has 0 aliphatic heterocycles. The molecule has 132 valence electrons. The maximum Gasteiger partial charge on any atom is 0.195 e. The Hall–Kier alpha value is -2.30. The number of fused-ring (bicyclic) bond motifs is 3. The summed E-state index contributed by atoms with van der Waals surface area (Å²) < 4.78 is 61.0. The zero-order chi connectivity index (χ0) is 18.0. The third kappa shape index (κ3) is 3.28. The van der Waals surface area contributed by atoms with Gasteiger partial charge < -0.3 is 4.74 Å². The summed E-state index contributed by atoms with van der Waals surface area (Å²) in [6.07, 6.45) is 4.05. The third-order valence-corrected chi connectivity index (χ3v) is 4.31. The molecule has 5 heteroatoms. The number of rotatable bonds is 6. The summed E-state index contributed by atoms with van der Waals surface area (Å²) in [5.41, 5.74) is 0. The molecule has 0 spiro atoms. The number of halogens is 4. The van der Waals surface area contributed by atoms with Crippen molar-refractivity contribution in [3.05, 3.63) is 53.6 Å². The van der Waals surface area contributed by atoms with Crippen LogP contribution in [0.5, 0.6) is 5.75 Å². The molecule has 0 fully saturated rings. The van der Waals surface area contributed by atoms with Gasteiger partial charge in [-0.1, -0.05) is 38.3 Å². The van der Waals surface area contributed by atoms with Crippen LogP contribution in [0, 0.1) is 23.3 Å². The van der Waals surface area contributed by atoms with Gasteiger partial charge in [0.25, 0.3) is 0 Å². The molecule has 3 aromatic rings. The van der Waals surface area contributed by atoms with E-state index in [1.165, 1.54) is 18.2 Å². The summed E-state index contributed by atoms with van der Waals surface area (Å²) in [6, 6.07) is 6.48. The monoisotopic (exact) mass is 350 g/mol. The van der Waals surface area contributed by atoms with Gasteiger partial charge >= 0.3 is 0 Å². The van der Waals surface area contributed by atoms with E-state index in [0.29, 0.717) is 12.0 Å². The van der Waals surface area contributed by atoms with Crippen molar-refractivity contribution < 1.29 is 22.3 Å². The van der Waals surface area contributed by atoms with Crippen LogP contribution >= 0.6 is 0 Å². The van der Waals surface area contributed by atoms with Gasteiger partial charge in [0.15, 0.2) is 29.0 Å². The molecule has 0 atom stereocenters. The van der Waals surface area contributed by atoms with Gasteiger partial charge in [0.1, 0.15) is 0 Å². The minimum atomic E-state index is -1.53. The van der Waals surface area contributed by atoms with Crippen LogP contribution in [0.3, 0.4) is 0 Å². The van der Waals surface area contributed by atoms with Gasteiger partial charge in [-0.3, -0.25) is 0 Å². The van der Waals surface area contributed by atoms with E-state index in [0.717, 1.165) is 31.7 Å². The zero-order valence-electron chi connectivity index (χ0n) is 13.8. The Balaban J connectivity index is 1.99. The van der Waals surface area contributed by atoms with Crippen LogP contribution in [-0.4, -0.2) is 6.61 Å². The molecule has 0 aliphatic rings. The van der Waals surface area contributed by atoms with E-state index in [4.69, 9.17) is 4.74 Å². The molecule has 0 unspecified atom stereocenters. The lowest BCUT2D eigenvalue weighted by Crippen LogP contribution is -2.00. The van der Waals surface area contributed by atoms with Crippen molar-refractivity contribution in [2.75, 3.05) is 6.61 Å². The summed E-state index contributed by atoms with van der Waals surface area (Å²) in [6.45, 7) is 2.51. The van der Waals surface area contributed by atoms with Crippen molar-refractivity contribution in [2.45, 2.75) is 32.6 Å². The number of benzene rings is 3. The van der Waals surface area contributed by atoms with E-state index >= 15 is 0 Å². The average Bonchev–Trinajstić information content (AvgIpc) is 2.61. The van der Waals surface area contributed by atoms with E-state index in [-0.39, 0.29) is 21.9 Å². The summed E-state index contributed by atoms with van der Waals surface area (Å²) in [4.78, 5) is 0. The topological polar surface area (TPSA) is 9.23 Å². The Morgan fingerprint density at radius 2 is 1.40 bits per heavy atom. The van der Waals surface area contributed by atoms with Crippen molar-refractivity contribution in [3.8, 4) is 5.75 Å². The molecular formula is C20H18F4O. The van der Waals surface area contributed by atoms with E-state index in [9.17, 15) is 17.6 Å². The second kappa shape index (κ2) is 7.30. The smallest absolute Gasteiger partial charge is 0.195 e. The van der Waals surface area contributed by atoms with E-state index in [1.807, 2.05) is 0 Å². The molecule has 0 heterocycles. The van der Waals surface area contributed by atoms with Gasteiger partial charge in [0.2, 0.25) is 0 Å². The number of hydrogen-bond acceptors (Lipinski definition) is 1. The Morgan fingerprint density at radius 1 is 0.720 bits per heavy atom. The van der Waals surface area contributed by atoms with Gasteiger partial charge in [-0.2, -0.15) is 0 Å². The highest BCUT2D eigenvalue weighted by Crippen LogP contribution is 2.34. The van der Waals surface area contributed by atoms with Crippen LogP contribution in [0.2, 0.25) is 0 Å². The average molecular weight is 350 g/mol. The first kappa shape index (κ1) is 17.5. The van der Waals surface area contributed by atoms with Crippen LogP contribution in [0.15, 0.2) is 30.3 Å². The van der Waals surface area contributed by atoms with E-state index in [1.54, 1.807) is 6.07 Å². The Morgan fingerprint density at radius 3 is 2.12 bits per heavy atom. The summed E-state index contributed by atoms with van der Waals surface area (Å²) >= 11 is 0. The fourth-order valence-electron chi connectivity index (χ4n) is 2.95. The van der Waals surface area contributed by atoms with Crippen LogP contribution in [0.4, 0.5) is 17.6 Å². The van der Waals surface area contributed by atoms with Crippen molar-refractivity contribution in [3.63, 3.8) is 0 Å². The van der Waals surface area contributed by atoms with Gasteiger partial charge in [0, 0.05) is 10.8 Å². The second-order valence-electron chi connectivity index (χ2n) is 6.03. The van der Waals surface area contributed by atoms with Crippen molar-refractivity contribution in [2.24, 2.45) is 0 Å². The first-order chi connectivity index (χ1) is 12.0. The van der Waals surface area contributed by atoms with Crippen molar-refractivity contribution in [1.29, 1.82) is 0 Å². The molecule has 0 radical (unpaired) electrons. The minimum Gasteiger partial charge on any atom is -0.490 e. The lowest BCUT2D eigenvalue weighted by atomic mass is 10.0. The molecule has 0 bridgehead atoms. The Kier molecular flexibility index (Phi) is 5.11. The summed E-state index contributed by atoms with van der Waals surface area (Å²) in [5, 5.41) is 0.538. The molecule has 3 rings (SSSR count). The molecule has 3 aromatic carbocycles. The van der Waals surface area contributed by atoms with Gasteiger partial charge in [-0.05, 0) is 35.4 Å². The standard InChI is InChI=1S/C20H18F4O/c1-2-3-4-5-10-25-17-9-8-12-13(18(17)22)6-7-14-15(12)11-16(21)20(24)19(14)23/h6-9,11H,2-5,10H2,1H3. The fraction of sp³-hybridized carbons (Fsp3) is 0.300. The third-order valence-electron chi connectivity index (χ3n) is 4.31. The molecule has 0 saturated heterocycles. The molecule has 0 saturated carbocycles. The predicted octanol–water partition coefficient (Wildman–Crippen LogP) is 6.51. The maximum absolute atomic E-state index is 14.7. The van der Waals surface area contributed by atoms with Crippen LogP contribution in [0.1, 0.15) is 32.6 Å². The van der Waals surface area contributed by atoms with Crippen molar-refractivity contribution >= 4 is 21.5 Å². The first-order valence-electron chi connectivity index (χ1n) is 8.35. The molecule has 0 aliphatic carbocycles. The second-order valence-corrected chi connectivity index (χ2v) is 6.03. The summed E-state index contributed by atoms with van der Waals surface area (Å²) in [7, 11) is 0. The SMILES string of the molecule is CCCCCCOc1ccc2c(ccc3c(F)c(F)c(F)cc32)c1F. The lowest BCUT2D eigenvalue weighted by Gasteiger charge is -2.11. The lowest BCUT2D eigenvalue weighted by molar-refractivity contribution is 0.292. The largest absolute Gasteiger partial charge is 0.490 e. The molecule has 0 amide bonds. The van der Waals surface area contributed by atoms with Crippen LogP contribution < -0.4 is 4.74 Å². The Labute approximate surface area is 143 Å². The highest BCUT2D eigenvalue weighted by Gasteiger charge is 2.17. The first-order valence-corrected chi connectivity index (χ1v) is 8.35. The van der Waals surface area contributed by atoms with E-state index < -0.39 is 23.3 Å². The fourth-order valence-corrected chi connectivity index (χ4v) is 2.95. The molecule has 1 nitrogen and oxygen atoms in total. The normalized spacial score (nSPS) is 11.4. The predicted molar refractivity (Wildman–Crippen MR) is 90.9 cm³/mol. The van der Waals surface area contributed by atoms with Gasteiger partial charge in [-0.25, -0.2) is 17.6 Å². The number of ether oxygens (including phenoxy) is 1. The molecule has 0 aromatic heterocycles. The number of unbranched alkanes of at least 4 members (excludes halogenated alkanes) is 3. The molecule has 25 heavy (non-hydrogen) atoms. The van der Waals surface area contributed by atoms with Crippen LogP contribution in [-0.2, 0) is 0 Å². The van der Waals surface area contributed by atoms with E-state index in [2.05, 4.69) is 6.92 Å². The zero-order valence-corrected chi connectivity index (χ0v) is 13.8.